The van der Waals surface area contributed by atoms with Crippen molar-refractivity contribution in [3.63, 3.8) is 0 Å². The summed E-state index contributed by atoms with van der Waals surface area (Å²) in [4.78, 5) is 23.0. The highest BCUT2D eigenvalue weighted by Gasteiger charge is 2.44. The molecule has 5 N–H and O–H groups in total. The first-order valence-corrected chi connectivity index (χ1v) is 7.64. The van der Waals surface area contributed by atoms with Gasteiger partial charge in [0.15, 0.2) is 0 Å². The number of hydrogen-bond acceptors (Lipinski definition) is 4. The average Bonchev–Trinajstić information content (AvgIpc) is 2.40. The lowest BCUT2D eigenvalue weighted by Crippen LogP contribution is -2.63. The maximum atomic E-state index is 11.5. The minimum absolute atomic E-state index is 0.0174. The zero-order valence-corrected chi connectivity index (χ0v) is 11.5. The van der Waals surface area contributed by atoms with Crippen LogP contribution in [0.2, 0.25) is 0 Å². The van der Waals surface area contributed by atoms with E-state index >= 15 is 0 Å². The van der Waals surface area contributed by atoms with Gasteiger partial charge in [-0.2, -0.15) is 0 Å². The van der Waals surface area contributed by atoms with Crippen molar-refractivity contribution in [2.45, 2.75) is 12.6 Å². The minimum atomic E-state index is -3.58. The van der Waals surface area contributed by atoms with Gasteiger partial charge in [0, 0.05) is 0 Å². The molecule has 0 bridgehead atoms. The van der Waals surface area contributed by atoms with Gasteiger partial charge in [-0.05, 0) is 5.56 Å². The van der Waals surface area contributed by atoms with Crippen molar-refractivity contribution in [2.24, 2.45) is 11.0 Å². The highest BCUT2D eigenvalue weighted by molar-refractivity contribution is 7.57. The molecule has 1 aliphatic heterocycles. The van der Waals surface area contributed by atoms with E-state index in [9.17, 15) is 14.2 Å². The predicted octanol–water partition coefficient (Wildman–Crippen LogP) is 0.149. The molecular weight excluding hydrogens is 283 g/mol. The Hall–Kier alpha value is -1.89. The Morgan fingerprint density at radius 3 is 2.60 bits per heavy atom. The van der Waals surface area contributed by atoms with Crippen LogP contribution in [0.3, 0.4) is 0 Å². The number of nitrogens with zero attached hydrogens (tertiary/aromatic N) is 1. The van der Waals surface area contributed by atoms with Crippen LogP contribution in [0, 0.1) is 0 Å². The van der Waals surface area contributed by atoms with E-state index in [0.29, 0.717) is 0 Å². The average molecular weight is 298 g/mol. The monoisotopic (exact) mass is 298 g/mol. The molecule has 1 heterocycles. The van der Waals surface area contributed by atoms with Crippen molar-refractivity contribution < 1.29 is 18.9 Å². The van der Waals surface area contributed by atoms with E-state index < -0.39 is 25.6 Å². The Morgan fingerprint density at radius 1 is 1.40 bits per heavy atom. The molecule has 1 unspecified atom stereocenters. The molecule has 108 valence electrons. The highest BCUT2D eigenvalue weighted by Crippen LogP contribution is 2.37. The van der Waals surface area contributed by atoms with E-state index in [-0.39, 0.29) is 13.2 Å². The number of amides is 2. The van der Waals surface area contributed by atoms with Gasteiger partial charge in [0.25, 0.3) is 5.91 Å². The first-order valence-electron chi connectivity index (χ1n) is 5.84. The van der Waals surface area contributed by atoms with Crippen LogP contribution in [0.4, 0.5) is 4.79 Å². The van der Waals surface area contributed by atoms with Crippen LogP contribution in [0.15, 0.2) is 30.3 Å². The van der Waals surface area contributed by atoms with Gasteiger partial charge in [0.2, 0.25) is 0 Å². The molecule has 2 amide bonds. The number of nitrogens with two attached hydrogens (primary N) is 2. The lowest BCUT2D eigenvalue weighted by molar-refractivity contribution is -0.136. The fourth-order valence-corrected chi connectivity index (χ4v) is 2.57. The molecule has 0 aliphatic carbocycles. The standard InChI is InChI=1S/C11H15N4O4P/c12-20(13,18)15-6-9(10(15)16)14-11(17)19-7-8-4-2-1-3-5-8/h1-5,9H,6-7H2,(H,14,17)(H4,12,13,18). The molecule has 9 heteroatoms. The molecule has 0 saturated carbocycles. The van der Waals surface area contributed by atoms with Gasteiger partial charge in [-0.1, -0.05) is 30.3 Å². The second kappa shape index (κ2) is 5.62. The molecule has 8 nitrogen and oxygen atoms in total. The molecule has 1 saturated heterocycles. The Balaban J connectivity index is 1.77. The summed E-state index contributed by atoms with van der Waals surface area (Å²) < 4.78 is 17.1. The second-order valence-corrected chi connectivity index (χ2v) is 6.18. The van der Waals surface area contributed by atoms with Crippen LogP contribution in [0.1, 0.15) is 5.56 Å². The van der Waals surface area contributed by atoms with Gasteiger partial charge >= 0.3 is 13.7 Å². The summed E-state index contributed by atoms with van der Waals surface area (Å²) in [5.74, 6) is -0.574. The maximum Gasteiger partial charge on any atom is 0.408 e. The number of carbonyl (C=O) groups excluding carboxylic acids is 2. The van der Waals surface area contributed by atoms with Crippen molar-refractivity contribution in [1.82, 2.24) is 9.99 Å². The van der Waals surface area contributed by atoms with Crippen molar-refractivity contribution in [1.29, 1.82) is 0 Å². The number of nitrogens with one attached hydrogen (secondary N) is 1. The van der Waals surface area contributed by atoms with Crippen LogP contribution in [-0.4, -0.2) is 29.3 Å². The Morgan fingerprint density at radius 2 is 2.05 bits per heavy atom. The molecule has 0 spiro atoms. The number of alkyl carbamates (subject to hydrolysis) is 1. The van der Waals surface area contributed by atoms with Crippen LogP contribution >= 0.6 is 7.59 Å². The zero-order chi connectivity index (χ0) is 14.8. The number of hydrogen-bond donors (Lipinski definition) is 3. The normalized spacial score (nSPS) is 18.4. The van der Waals surface area contributed by atoms with Crippen LogP contribution in [-0.2, 0) is 20.7 Å². The highest BCUT2D eigenvalue weighted by atomic mass is 31.2. The van der Waals surface area contributed by atoms with E-state index in [4.69, 9.17) is 15.7 Å². The van der Waals surface area contributed by atoms with Crippen LogP contribution in [0.5, 0.6) is 0 Å². The summed E-state index contributed by atoms with van der Waals surface area (Å²) in [7, 11) is -3.58. The zero-order valence-electron chi connectivity index (χ0n) is 10.6. The van der Waals surface area contributed by atoms with Gasteiger partial charge in [-0.3, -0.25) is 25.0 Å². The van der Waals surface area contributed by atoms with Gasteiger partial charge in [-0.25, -0.2) is 4.79 Å². The molecule has 1 aromatic carbocycles. The molecule has 0 aromatic heterocycles. The summed E-state index contributed by atoms with van der Waals surface area (Å²) in [5.41, 5.74) is 11.1. The number of rotatable bonds is 4. The number of β-lactam (4-membered cyclic amide) rings is 1. The second-order valence-electron chi connectivity index (χ2n) is 4.35. The largest absolute Gasteiger partial charge is 0.445 e. The third kappa shape index (κ3) is 3.36. The van der Waals surface area contributed by atoms with Crippen molar-refractivity contribution in [3.8, 4) is 0 Å². The van der Waals surface area contributed by atoms with Gasteiger partial charge in [0.05, 0.1) is 6.54 Å². The molecule has 2 rings (SSSR count). The predicted molar refractivity (Wildman–Crippen MR) is 71.2 cm³/mol. The summed E-state index contributed by atoms with van der Waals surface area (Å²) in [5, 5.41) is 2.35. The fourth-order valence-electron chi connectivity index (χ4n) is 1.70. The Labute approximate surface area is 115 Å². The Bertz CT molecular complexity index is 559. The summed E-state index contributed by atoms with van der Waals surface area (Å²) in [6.07, 6.45) is -0.726. The van der Waals surface area contributed by atoms with E-state index in [1.165, 1.54) is 0 Å². The molecule has 20 heavy (non-hydrogen) atoms. The molecule has 1 atom stereocenters. The van der Waals surface area contributed by atoms with Crippen molar-refractivity contribution in [3.05, 3.63) is 35.9 Å². The number of benzene rings is 1. The topological polar surface area (TPSA) is 128 Å². The summed E-state index contributed by atoms with van der Waals surface area (Å²) >= 11 is 0. The van der Waals surface area contributed by atoms with E-state index in [1.807, 2.05) is 30.3 Å². The quantitative estimate of drug-likeness (QED) is 0.536. The minimum Gasteiger partial charge on any atom is -0.445 e. The lowest BCUT2D eigenvalue weighted by Gasteiger charge is -2.39. The molecule has 1 fully saturated rings. The van der Waals surface area contributed by atoms with Crippen molar-refractivity contribution >= 4 is 19.6 Å². The summed E-state index contributed by atoms with van der Waals surface area (Å²) in [6, 6.07) is 8.32. The SMILES string of the molecule is NP(N)(=O)N1CC(NC(=O)OCc2ccccc2)C1=O. The number of ether oxygens (including phenoxy) is 1. The maximum absolute atomic E-state index is 11.5. The van der Waals surface area contributed by atoms with Crippen LogP contribution in [0.25, 0.3) is 0 Å². The van der Waals surface area contributed by atoms with Crippen LogP contribution < -0.4 is 16.3 Å². The van der Waals surface area contributed by atoms with E-state index in [0.717, 1.165) is 10.2 Å². The van der Waals surface area contributed by atoms with E-state index in [2.05, 4.69) is 5.32 Å². The third-order valence-electron chi connectivity index (χ3n) is 2.79. The molecule has 1 aromatic rings. The third-order valence-corrected chi connectivity index (χ3v) is 3.91. The summed E-state index contributed by atoms with van der Waals surface area (Å²) in [6.45, 7) is 0.118. The molecule has 1 aliphatic rings. The first kappa shape index (κ1) is 14.5. The van der Waals surface area contributed by atoms with E-state index in [1.54, 1.807) is 0 Å². The molecule has 0 radical (unpaired) electrons. The number of carbonyl (C=O) groups is 2. The van der Waals surface area contributed by atoms with Gasteiger partial charge in [0.1, 0.15) is 12.6 Å². The Kier molecular flexibility index (Phi) is 4.08. The smallest absolute Gasteiger partial charge is 0.408 e. The first-order chi connectivity index (χ1) is 9.38. The molecular formula is C11H15N4O4P. The van der Waals surface area contributed by atoms with Crippen molar-refractivity contribution in [2.75, 3.05) is 6.54 Å². The van der Waals surface area contributed by atoms with Gasteiger partial charge < -0.3 is 10.1 Å². The fraction of sp³-hybridized carbons (Fsp3) is 0.273. The van der Waals surface area contributed by atoms with Gasteiger partial charge in [-0.15, -0.1) is 0 Å². The lowest BCUT2D eigenvalue weighted by atomic mass is 10.2.